The van der Waals surface area contributed by atoms with Crippen molar-refractivity contribution in [3.05, 3.63) is 33.4 Å². The third kappa shape index (κ3) is 3.10. The van der Waals surface area contributed by atoms with E-state index in [1.165, 1.54) is 12.1 Å². The molecule has 13 heavy (non-hydrogen) atoms. The minimum absolute atomic E-state index is 0.169. The first kappa shape index (κ1) is 10.1. The second-order valence-electron chi connectivity index (χ2n) is 2.19. The molecule has 1 N–H and O–H groups in total. The van der Waals surface area contributed by atoms with Crippen LogP contribution >= 0.6 is 22.6 Å². The van der Waals surface area contributed by atoms with Gasteiger partial charge in [-0.3, -0.25) is 0 Å². The van der Waals surface area contributed by atoms with Gasteiger partial charge in [-0.25, -0.2) is 9.78 Å². The number of carboxylic acids is 1. The number of halogens is 2. The van der Waals surface area contributed by atoms with Crippen molar-refractivity contribution in [1.82, 2.24) is 4.98 Å². The Labute approximate surface area is 87.4 Å². The molecule has 1 aromatic rings. The molecule has 0 unspecified atom stereocenters. The minimum atomic E-state index is -1.11. The van der Waals surface area contributed by atoms with Crippen molar-refractivity contribution in [2.75, 3.05) is 0 Å². The summed E-state index contributed by atoms with van der Waals surface area (Å²) >= 11 is 1.87. The van der Waals surface area contributed by atoms with Crippen molar-refractivity contribution in [1.29, 1.82) is 0 Å². The summed E-state index contributed by atoms with van der Waals surface area (Å²) in [7, 11) is 0. The van der Waals surface area contributed by atoms with E-state index in [2.05, 4.69) is 4.98 Å². The first-order valence-corrected chi connectivity index (χ1v) is 4.40. The van der Waals surface area contributed by atoms with E-state index in [1.54, 1.807) is 6.07 Å². The van der Waals surface area contributed by atoms with Crippen LogP contribution in [0.3, 0.4) is 0 Å². The molecular weight excluding hydrogens is 288 g/mol. The van der Waals surface area contributed by atoms with Gasteiger partial charge in [-0.15, -0.1) is 0 Å². The SMILES string of the molecule is O=C(O)/C=C/c1ccc(I)nc1F. The van der Waals surface area contributed by atoms with Crippen molar-refractivity contribution in [2.45, 2.75) is 0 Å². The lowest BCUT2D eigenvalue weighted by Gasteiger charge is -1.95. The molecule has 0 saturated heterocycles. The van der Waals surface area contributed by atoms with Crippen LogP contribution in [0.1, 0.15) is 5.56 Å². The Bertz CT molecular complexity index is 365. The molecule has 5 heteroatoms. The molecule has 3 nitrogen and oxygen atoms in total. The molecule has 0 spiro atoms. The fourth-order valence-electron chi connectivity index (χ4n) is 0.708. The molecule has 0 radical (unpaired) electrons. The fourth-order valence-corrected chi connectivity index (χ4v) is 1.10. The maximum Gasteiger partial charge on any atom is 0.328 e. The molecule has 0 amide bonds. The smallest absolute Gasteiger partial charge is 0.328 e. The number of aromatic nitrogens is 1. The predicted octanol–water partition coefficient (Wildman–Crippen LogP) is 1.92. The van der Waals surface area contributed by atoms with Crippen LogP contribution in [0.15, 0.2) is 18.2 Å². The van der Waals surface area contributed by atoms with E-state index < -0.39 is 11.9 Å². The largest absolute Gasteiger partial charge is 0.478 e. The number of rotatable bonds is 2. The van der Waals surface area contributed by atoms with Crippen molar-refractivity contribution in [2.24, 2.45) is 0 Å². The molecule has 0 aliphatic heterocycles. The second-order valence-corrected chi connectivity index (χ2v) is 3.29. The van der Waals surface area contributed by atoms with E-state index in [0.717, 1.165) is 6.08 Å². The third-order valence-corrected chi connectivity index (χ3v) is 1.85. The zero-order valence-corrected chi connectivity index (χ0v) is 8.53. The summed E-state index contributed by atoms with van der Waals surface area (Å²) in [5.74, 6) is -1.78. The van der Waals surface area contributed by atoms with Gasteiger partial charge in [0.25, 0.3) is 0 Å². The van der Waals surface area contributed by atoms with Gasteiger partial charge in [-0.2, -0.15) is 4.39 Å². The summed E-state index contributed by atoms with van der Waals surface area (Å²) in [4.78, 5) is 13.6. The summed E-state index contributed by atoms with van der Waals surface area (Å²) < 4.78 is 13.5. The maximum atomic E-state index is 12.9. The number of carboxylic acid groups (broad SMARTS) is 1. The molecule has 0 aromatic carbocycles. The van der Waals surface area contributed by atoms with E-state index in [1.807, 2.05) is 22.6 Å². The number of pyridine rings is 1. The highest BCUT2D eigenvalue weighted by molar-refractivity contribution is 14.1. The van der Waals surface area contributed by atoms with Gasteiger partial charge in [0.05, 0.1) is 0 Å². The van der Waals surface area contributed by atoms with Crippen molar-refractivity contribution in [3.8, 4) is 0 Å². The summed E-state index contributed by atoms with van der Waals surface area (Å²) in [6.07, 6.45) is 2.04. The van der Waals surface area contributed by atoms with Crippen LogP contribution in [-0.2, 0) is 4.79 Å². The molecule has 0 aliphatic rings. The van der Waals surface area contributed by atoms with Gasteiger partial charge in [0, 0.05) is 11.6 Å². The topological polar surface area (TPSA) is 50.2 Å². The van der Waals surface area contributed by atoms with Crippen LogP contribution in [0.25, 0.3) is 6.08 Å². The molecular formula is C8H5FINO2. The first-order chi connectivity index (χ1) is 6.09. The highest BCUT2D eigenvalue weighted by Gasteiger charge is 2.00. The highest BCUT2D eigenvalue weighted by atomic mass is 127. The second kappa shape index (κ2) is 4.31. The van der Waals surface area contributed by atoms with Gasteiger partial charge in [0.1, 0.15) is 3.70 Å². The fraction of sp³-hybridized carbons (Fsp3) is 0. The predicted molar refractivity (Wildman–Crippen MR) is 53.6 cm³/mol. The summed E-state index contributed by atoms with van der Waals surface area (Å²) in [6, 6.07) is 3.08. The van der Waals surface area contributed by atoms with Gasteiger partial charge in [0.2, 0.25) is 5.95 Å². The monoisotopic (exact) mass is 293 g/mol. The third-order valence-electron chi connectivity index (χ3n) is 1.25. The lowest BCUT2D eigenvalue weighted by atomic mass is 10.2. The maximum absolute atomic E-state index is 12.9. The van der Waals surface area contributed by atoms with E-state index in [-0.39, 0.29) is 5.56 Å². The highest BCUT2D eigenvalue weighted by Crippen LogP contribution is 2.09. The molecule has 1 heterocycles. The van der Waals surface area contributed by atoms with Gasteiger partial charge in [-0.1, -0.05) is 0 Å². The van der Waals surface area contributed by atoms with Gasteiger partial charge < -0.3 is 5.11 Å². The van der Waals surface area contributed by atoms with Crippen LogP contribution < -0.4 is 0 Å². The Kier molecular flexibility index (Phi) is 3.35. The van der Waals surface area contributed by atoms with Gasteiger partial charge >= 0.3 is 5.97 Å². The average molecular weight is 293 g/mol. The molecule has 68 valence electrons. The summed E-state index contributed by atoms with van der Waals surface area (Å²) in [5, 5.41) is 8.29. The number of nitrogens with zero attached hydrogens (tertiary/aromatic N) is 1. The van der Waals surface area contributed by atoms with Crippen LogP contribution in [0.2, 0.25) is 0 Å². The number of hydrogen-bond acceptors (Lipinski definition) is 2. The molecule has 0 atom stereocenters. The lowest BCUT2D eigenvalue weighted by Crippen LogP contribution is -1.91. The quantitative estimate of drug-likeness (QED) is 0.515. The molecule has 0 aliphatic carbocycles. The first-order valence-electron chi connectivity index (χ1n) is 3.32. The molecule has 0 bridgehead atoms. The van der Waals surface area contributed by atoms with Crippen LogP contribution in [0.4, 0.5) is 4.39 Å². The van der Waals surface area contributed by atoms with E-state index in [9.17, 15) is 9.18 Å². The number of aliphatic carboxylic acids is 1. The standard InChI is InChI=1S/C8H5FINO2/c9-8-5(2-4-7(12)13)1-3-6(10)11-8/h1-4H,(H,12,13)/b4-2+. The number of carbonyl (C=O) groups is 1. The summed E-state index contributed by atoms with van der Waals surface area (Å²) in [5.41, 5.74) is 0.169. The molecule has 1 aromatic heterocycles. The molecule has 0 saturated carbocycles. The van der Waals surface area contributed by atoms with Gasteiger partial charge in [0.15, 0.2) is 0 Å². The van der Waals surface area contributed by atoms with Crippen LogP contribution in [0.5, 0.6) is 0 Å². The normalized spacial score (nSPS) is 10.6. The Morgan fingerprint density at radius 2 is 2.31 bits per heavy atom. The van der Waals surface area contributed by atoms with Crippen LogP contribution in [-0.4, -0.2) is 16.1 Å². The van der Waals surface area contributed by atoms with Crippen molar-refractivity contribution in [3.63, 3.8) is 0 Å². The number of hydrogen-bond donors (Lipinski definition) is 1. The Hall–Kier alpha value is -0.980. The van der Waals surface area contributed by atoms with Crippen molar-refractivity contribution >= 4 is 34.6 Å². The van der Waals surface area contributed by atoms with E-state index >= 15 is 0 Å². The van der Waals surface area contributed by atoms with E-state index in [0.29, 0.717) is 3.70 Å². The van der Waals surface area contributed by atoms with Gasteiger partial charge in [-0.05, 0) is 40.8 Å². The Balaban J connectivity index is 2.96. The minimum Gasteiger partial charge on any atom is -0.478 e. The zero-order chi connectivity index (χ0) is 9.84. The van der Waals surface area contributed by atoms with Crippen LogP contribution in [0, 0.1) is 9.65 Å². The zero-order valence-electron chi connectivity index (χ0n) is 6.37. The summed E-state index contributed by atoms with van der Waals surface area (Å²) in [6.45, 7) is 0. The Morgan fingerprint density at radius 3 is 2.85 bits per heavy atom. The average Bonchev–Trinajstić information content (AvgIpc) is 2.02. The molecule has 0 fully saturated rings. The lowest BCUT2D eigenvalue weighted by molar-refractivity contribution is -0.131. The van der Waals surface area contributed by atoms with Crippen molar-refractivity contribution < 1.29 is 14.3 Å². The molecule has 1 rings (SSSR count). The van der Waals surface area contributed by atoms with E-state index in [4.69, 9.17) is 5.11 Å². The Morgan fingerprint density at radius 1 is 1.62 bits per heavy atom.